The van der Waals surface area contributed by atoms with Gasteiger partial charge in [0.1, 0.15) is 23.5 Å². The van der Waals surface area contributed by atoms with Gasteiger partial charge >= 0.3 is 6.09 Å². The standard InChI is InChI=1S/C27H32ClFN6O5/c1-12(2)35-18-8-15(7-17(29)22(18)31-24(35)14-5-6-34(10-14)27(37)38-4)21-16(28)9-30-26(33-21)32-20-13(3)25-39-11-19(40-25)23(20)36/h7-9,12-14,19-20,23,25,36H,5-6,10-11H2,1-4H3,(H,30,32,33)/t13-,14-,19+,20-,23-,25+/m1/s1. The Bertz CT molecular complexity index is 1440. The van der Waals surface area contributed by atoms with Crippen molar-refractivity contribution in [2.75, 3.05) is 32.1 Å². The van der Waals surface area contributed by atoms with Gasteiger partial charge in [0.25, 0.3) is 0 Å². The van der Waals surface area contributed by atoms with E-state index in [9.17, 15) is 9.90 Å². The maximum absolute atomic E-state index is 15.6. The highest BCUT2D eigenvalue weighted by Crippen LogP contribution is 2.37. The molecular weight excluding hydrogens is 543 g/mol. The Balaban J connectivity index is 1.35. The summed E-state index contributed by atoms with van der Waals surface area (Å²) in [6, 6.07) is 2.78. The van der Waals surface area contributed by atoms with Crippen LogP contribution < -0.4 is 5.32 Å². The number of nitrogens with zero attached hydrogens (tertiary/aromatic N) is 5. The van der Waals surface area contributed by atoms with Gasteiger partial charge in [-0.2, -0.15) is 0 Å². The van der Waals surface area contributed by atoms with E-state index in [-0.39, 0.29) is 40.5 Å². The number of methoxy groups -OCH3 is 1. The summed E-state index contributed by atoms with van der Waals surface area (Å²) in [6.45, 7) is 7.28. The maximum atomic E-state index is 15.6. The summed E-state index contributed by atoms with van der Waals surface area (Å²) < 4.78 is 33.8. The number of likely N-dealkylation sites (tertiary alicyclic amines) is 1. The molecule has 0 unspecified atom stereocenters. The SMILES string of the molecule is COC(=O)N1CC[C@@H](c2nc3c(F)cc(-c4nc(N[C@@H]5[C@@H](C)[C@H]6OC[C@H](O6)[C@H]5O)ncc4Cl)cc3n2C(C)C)C1. The van der Waals surface area contributed by atoms with Gasteiger partial charge in [-0.05, 0) is 32.4 Å². The molecule has 214 valence electrons. The molecule has 0 radical (unpaired) electrons. The molecule has 5 heterocycles. The number of carbonyl (C=O) groups is 1. The summed E-state index contributed by atoms with van der Waals surface area (Å²) in [7, 11) is 1.36. The van der Waals surface area contributed by atoms with E-state index in [0.717, 1.165) is 5.82 Å². The number of anilines is 1. The van der Waals surface area contributed by atoms with Crippen LogP contribution in [0.25, 0.3) is 22.3 Å². The van der Waals surface area contributed by atoms with E-state index >= 15 is 4.39 Å². The second-order valence-electron chi connectivity index (χ2n) is 10.9. The summed E-state index contributed by atoms with van der Waals surface area (Å²) in [5.74, 6) is 0.270. The van der Waals surface area contributed by atoms with E-state index in [1.165, 1.54) is 19.4 Å². The maximum Gasteiger partial charge on any atom is 0.409 e. The molecule has 0 saturated carbocycles. The molecule has 0 aliphatic carbocycles. The van der Waals surface area contributed by atoms with Crippen molar-refractivity contribution >= 4 is 34.7 Å². The van der Waals surface area contributed by atoms with Gasteiger partial charge in [-0.3, -0.25) is 0 Å². The lowest BCUT2D eigenvalue weighted by Crippen LogP contribution is -2.53. The third-order valence-corrected chi connectivity index (χ3v) is 8.35. The van der Waals surface area contributed by atoms with E-state index < -0.39 is 30.4 Å². The Morgan fingerprint density at radius 3 is 2.88 bits per heavy atom. The van der Waals surface area contributed by atoms with E-state index in [0.29, 0.717) is 42.9 Å². The Labute approximate surface area is 235 Å². The number of ether oxygens (including phenoxy) is 3. The highest BCUT2D eigenvalue weighted by atomic mass is 35.5. The van der Waals surface area contributed by atoms with Gasteiger partial charge < -0.3 is 34.1 Å². The molecule has 1 amide bonds. The number of nitrogens with one attached hydrogen (secondary N) is 1. The van der Waals surface area contributed by atoms with Gasteiger partial charge in [0, 0.05) is 36.5 Å². The van der Waals surface area contributed by atoms with Gasteiger partial charge in [0.05, 0.1) is 42.2 Å². The van der Waals surface area contributed by atoms with Crippen molar-refractivity contribution in [2.45, 2.75) is 63.7 Å². The van der Waals surface area contributed by atoms with Gasteiger partial charge in [0.2, 0.25) is 5.95 Å². The molecule has 2 bridgehead atoms. The molecule has 3 saturated heterocycles. The Hall–Kier alpha value is -3.06. The van der Waals surface area contributed by atoms with Crippen LogP contribution in [-0.4, -0.2) is 87.0 Å². The Kier molecular flexibility index (Phi) is 7.06. The van der Waals surface area contributed by atoms with Crippen molar-refractivity contribution < 1.29 is 28.5 Å². The number of aliphatic hydroxyl groups is 1. The third kappa shape index (κ3) is 4.56. The van der Waals surface area contributed by atoms with Crippen molar-refractivity contribution in [2.24, 2.45) is 5.92 Å². The number of halogens is 2. The molecule has 6 rings (SSSR count). The van der Waals surface area contributed by atoms with Crippen molar-refractivity contribution in [3.05, 3.63) is 35.0 Å². The molecule has 3 aliphatic heterocycles. The minimum Gasteiger partial charge on any atom is -0.453 e. The van der Waals surface area contributed by atoms with Crippen molar-refractivity contribution in [1.29, 1.82) is 0 Å². The Morgan fingerprint density at radius 1 is 1.32 bits per heavy atom. The number of benzene rings is 1. The lowest BCUT2D eigenvalue weighted by Gasteiger charge is -2.37. The Morgan fingerprint density at radius 2 is 2.12 bits per heavy atom. The lowest BCUT2D eigenvalue weighted by atomic mass is 9.91. The summed E-state index contributed by atoms with van der Waals surface area (Å²) in [6.07, 6.45) is 0.131. The van der Waals surface area contributed by atoms with Gasteiger partial charge in [-0.1, -0.05) is 18.5 Å². The average molecular weight is 575 g/mol. The largest absolute Gasteiger partial charge is 0.453 e. The van der Waals surface area contributed by atoms with Gasteiger partial charge in [-0.25, -0.2) is 24.1 Å². The van der Waals surface area contributed by atoms with Crippen LogP contribution in [0.2, 0.25) is 5.02 Å². The predicted molar refractivity (Wildman–Crippen MR) is 145 cm³/mol. The smallest absolute Gasteiger partial charge is 0.409 e. The minimum atomic E-state index is -0.810. The summed E-state index contributed by atoms with van der Waals surface area (Å²) in [5, 5.41) is 14.3. The monoisotopic (exact) mass is 574 g/mol. The fourth-order valence-corrected chi connectivity index (χ4v) is 6.22. The highest BCUT2D eigenvalue weighted by Gasteiger charge is 2.48. The number of aliphatic hydroxyl groups excluding tert-OH is 1. The third-order valence-electron chi connectivity index (χ3n) is 8.07. The number of carbonyl (C=O) groups excluding carboxylic acids is 1. The highest BCUT2D eigenvalue weighted by molar-refractivity contribution is 6.33. The number of imidazole rings is 1. The second kappa shape index (κ2) is 10.4. The molecule has 2 N–H and O–H groups in total. The summed E-state index contributed by atoms with van der Waals surface area (Å²) in [4.78, 5) is 27.3. The topological polar surface area (TPSA) is 124 Å². The lowest BCUT2D eigenvalue weighted by molar-refractivity contribution is -0.154. The normalized spacial score (nSPS) is 28.1. The van der Waals surface area contributed by atoms with Crippen LogP contribution in [0, 0.1) is 11.7 Å². The number of rotatable bonds is 5. The zero-order valence-electron chi connectivity index (χ0n) is 22.7. The van der Waals surface area contributed by atoms with Crippen LogP contribution in [0.3, 0.4) is 0 Å². The average Bonchev–Trinajstić information content (AvgIpc) is 3.68. The molecule has 3 aromatic rings. The van der Waals surface area contributed by atoms with Gasteiger partial charge in [0.15, 0.2) is 12.1 Å². The van der Waals surface area contributed by atoms with Crippen LogP contribution in [0.1, 0.15) is 45.0 Å². The van der Waals surface area contributed by atoms with Crippen LogP contribution in [0.15, 0.2) is 18.3 Å². The minimum absolute atomic E-state index is 0.0194. The zero-order chi connectivity index (χ0) is 28.3. The van der Waals surface area contributed by atoms with E-state index in [1.807, 2.05) is 31.4 Å². The number of hydrogen-bond acceptors (Lipinski definition) is 9. The fourth-order valence-electron chi connectivity index (χ4n) is 6.02. The number of amides is 1. The van der Waals surface area contributed by atoms with Crippen molar-refractivity contribution in [3.63, 3.8) is 0 Å². The van der Waals surface area contributed by atoms with Crippen LogP contribution >= 0.6 is 11.6 Å². The molecule has 2 aromatic heterocycles. The molecule has 3 aliphatic rings. The first-order valence-corrected chi connectivity index (χ1v) is 13.8. The molecule has 1 aromatic carbocycles. The van der Waals surface area contributed by atoms with Gasteiger partial charge in [-0.15, -0.1) is 0 Å². The molecular formula is C27H32ClFN6O5. The number of fused-ring (bicyclic) bond motifs is 3. The fraction of sp³-hybridized carbons (Fsp3) is 0.556. The first kappa shape index (κ1) is 27.1. The van der Waals surface area contributed by atoms with E-state index in [4.69, 9.17) is 30.8 Å². The zero-order valence-corrected chi connectivity index (χ0v) is 23.4. The molecule has 6 atom stereocenters. The van der Waals surface area contributed by atoms with Crippen LogP contribution in [-0.2, 0) is 14.2 Å². The predicted octanol–water partition coefficient (Wildman–Crippen LogP) is 3.96. The van der Waals surface area contributed by atoms with E-state index in [2.05, 4.69) is 15.3 Å². The van der Waals surface area contributed by atoms with Crippen molar-refractivity contribution in [1.82, 2.24) is 24.4 Å². The van der Waals surface area contributed by atoms with Crippen LogP contribution in [0.5, 0.6) is 0 Å². The first-order valence-electron chi connectivity index (χ1n) is 13.4. The summed E-state index contributed by atoms with van der Waals surface area (Å²) >= 11 is 6.52. The summed E-state index contributed by atoms with van der Waals surface area (Å²) in [5.41, 5.74) is 1.69. The second-order valence-corrected chi connectivity index (χ2v) is 11.4. The molecule has 0 spiro atoms. The van der Waals surface area contributed by atoms with Crippen molar-refractivity contribution in [3.8, 4) is 11.3 Å². The number of hydrogen-bond donors (Lipinski definition) is 2. The quantitative estimate of drug-likeness (QED) is 0.466. The molecule has 40 heavy (non-hydrogen) atoms. The molecule has 13 heteroatoms. The molecule has 3 fully saturated rings. The first-order chi connectivity index (χ1) is 19.2. The molecule has 11 nitrogen and oxygen atoms in total. The number of aromatic nitrogens is 4. The van der Waals surface area contributed by atoms with E-state index in [1.54, 1.807) is 4.90 Å². The van der Waals surface area contributed by atoms with Crippen LogP contribution in [0.4, 0.5) is 15.1 Å².